The molecule has 0 aliphatic carbocycles. The SMILES string of the molecule is COc1ccc(CCC(O)CCC(C)OC)cc1. The van der Waals surface area contributed by atoms with E-state index in [-0.39, 0.29) is 12.2 Å². The van der Waals surface area contributed by atoms with E-state index in [1.165, 1.54) is 5.56 Å². The van der Waals surface area contributed by atoms with Gasteiger partial charge in [0.25, 0.3) is 0 Å². The van der Waals surface area contributed by atoms with Crippen LogP contribution < -0.4 is 4.74 Å². The summed E-state index contributed by atoms with van der Waals surface area (Å²) in [7, 11) is 3.37. The van der Waals surface area contributed by atoms with Crippen molar-refractivity contribution in [2.75, 3.05) is 14.2 Å². The minimum absolute atomic E-state index is 0.223. The van der Waals surface area contributed by atoms with Gasteiger partial charge >= 0.3 is 0 Å². The van der Waals surface area contributed by atoms with Crippen LogP contribution in [0.5, 0.6) is 5.75 Å². The first-order valence-electron chi connectivity index (χ1n) is 6.49. The van der Waals surface area contributed by atoms with Gasteiger partial charge in [-0.3, -0.25) is 0 Å². The summed E-state index contributed by atoms with van der Waals surface area (Å²) < 4.78 is 10.3. The molecule has 1 aromatic rings. The average Bonchev–Trinajstić information content (AvgIpc) is 2.42. The van der Waals surface area contributed by atoms with E-state index in [0.717, 1.165) is 31.4 Å². The summed E-state index contributed by atoms with van der Waals surface area (Å²) in [6.45, 7) is 2.02. The summed E-state index contributed by atoms with van der Waals surface area (Å²) in [4.78, 5) is 0. The van der Waals surface area contributed by atoms with Crippen molar-refractivity contribution in [3.8, 4) is 5.75 Å². The molecule has 1 rings (SSSR count). The van der Waals surface area contributed by atoms with E-state index in [4.69, 9.17) is 9.47 Å². The maximum atomic E-state index is 9.88. The first-order valence-corrected chi connectivity index (χ1v) is 6.49. The fourth-order valence-corrected chi connectivity index (χ4v) is 1.81. The summed E-state index contributed by atoms with van der Waals surface area (Å²) in [5.74, 6) is 0.869. The van der Waals surface area contributed by atoms with E-state index in [9.17, 15) is 5.11 Å². The van der Waals surface area contributed by atoms with Crippen LogP contribution in [0.25, 0.3) is 0 Å². The molecule has 102 valence electrons. The molecular weight excluding hydrogens is 228 g/mol. The maximum absolute atomic E-state index is 9.88. The molecule has 18 heavy (non-hydrogen) atoms. The Kier molecular flexibility index (Phi) is 6.76. The van der Waals surface area contributed by atoms with Crippen molar-refractivity contribution in [2.45, 2.75) is 44.8 Å². The van der Waals surface area contributed by atoms with Crippen LogP contribution >= 0.6 is 0 Å². The van der Waals surface area contributed by atoms with E-state index in [1.807, 2.05) is 31.2 Å². The van der Waals surface area contributed by atoms with Crippen molar-refractivity contribution in [3.63, 3.8) is 0 Å². The Hall–Kier alpha value is -1.06. The van der Waals surface area contributed by atoms with Gasteiger partial charge in [0.1, 0.15) is 5.75 Å². The van der Waals surface area contributed by atoms with Crippen LogP contribution in [0.3, 0.4) is 0 Å². The van der Waals surface area contributed by atoms with Gasteiger partial charge in [0.2, 0.25) is 0 Å². The lowest BCUT2D eigenvalue weighted by molar-refractivity contribution is 0.0826. The van der Waals surface area contributed by atoms with E-state index < -0.39 is 0 Å². The Morgan fingerprint density at radius 1 is 1.06 bits per heavy atom. The third-order valence-corrected chi connectivity index (χ3v) is 3.23. The summed E-state index contributed by atoms with van der Waals surface area (Å²) in [6.07, 6.45) is 3.37. The second-order valence-corrected chi connectivity index (χ2v) is 4.66. The molecule has 1 aromatic carbocycles. The average molecular weight is 252 g/mol. The Balaban J connectivity index is 2.26. The smallest absolute Gasteiger partial charge is 0.118 e. The van der Waals surface area contributed by atoms with Crippen molar-refractivity contribution in [1.29, 1.82) is 0 Å². The fraction of sp³-hybridized carbons (Fsp3) is 0.600. The van der Waals surface area contributed by atoms with Gasteiger partial charge in [-0.15, -0.1) is 0 Å². The second-order valence-electron chi connectivity index (χ2n) is 4.66. The molecule has 0 aliphatic rings. The summed E-state index contributed by atoms with van der Waals surface area (Å²) in [5, 5.41) is 9.88. The molecule has 0 radical (unpaired) electrons. The zero-order chi connectivity index (χ0) is 13.4. The van der Waals surface area contributed by atoms with Crippen LogP contribution in [0.15, 0.2) is 24.3 Å². The molecule has 2 unspecified atom stereocenters. The number of ether oxygens (including phenoxy) is 2. The highest BCUT2D eigenvalue weighted by Crippen LogP contribution is 2.15. The monoisotopic (exact) mass is 252 g/mol. The van der Waals surface area contributed by atoms with E-state index in [0.29, 0.717) is 0 Å². The van der Waals surface area contributed by atoms with Crippen molar-refractivity contribution < 1.29 is 14.6 Å². The van der Waals surface area contributed by atoms with Crippen LogP contribution in [-0.2, 0) is 11.2 Å². The summed E-state index contributed by atoms with van der Waals surface area (Å²) >= 11 is 0. The van der Waals surface area contributed by atoms with Crippen LogP contribution in [0.1, 0.15) is 31.7 Å². The number of hydrogen-bond donors (Lipinski definition) is 1. The van der Waals surface area contributed by atoms with Crippen molar-refractivity contribution in [2.24, 2.45) is 0 Å². The van der Waals surface area contributed by atoms with Crippen molar-refractivity contribution >= 4 is 0 Å². The minimum atomic E-state index is -0.246. The molecular formula is C15H24O3. The van der Waals surface area contributed by atoms with Gasteiger partial charge < -0.3 is 14.6 Å². The minimum Gasteiger partial charge on any atom is -0.497 e. The number of methoxy groups -OCH3 is 2. The first-order chi connectivity index (χ1) is 8.65. The number of aryl methyl sites for hydroxylation is 1. The Morgan fingerprint density at radius 2 is 1.72 bits per heavy atom. The number of hydrogen-bond acceptors (Lipinski definition) is 3. The van der Waals surface area contributed by atoms with Gasteiger partial charge in [-0.25, -0.2) is 0 Å². The summed E-state index contributed by atoms with van der Waals surface area (Å²) in [6, 6.07) is 8.00. The van der Waals surface area contributed by atoms with Crippen molar-refractivity contribution in [1.82, 2.24) is 0 Å². The lowest BCUT2D eigenvalue weighted by Crippen LogP contribution is -2.13. The first kappa shape index (κ1) is 15.0. The Labute approximate surface area is 110 Å². The van der Waals surface area contributed by atoms with E-state index in [1.54, 1.807) is 14.2 Å². The largest absolute Gasteiger partial charge is 0.497 e. The highest BCUT2D eigenvalue weighted by atomic mass is 16.5. The van der Waals surface area contributed by atoms with Gasteiger partial charge in [0, 0.05) is 7.11 Å². The Morgan fingerprint density at radius 3 is 2.28 bits per heavy atom. The highest BCUT2D eigenvalue weighted by Gasteiger charge is 2.07. The van der Waals surface area contributed by atoms with Gasteiger partial charge in [-0.2, -0.15) is 0 Å². The number of rotatable bonds is 8. The quantitative estimate of drug-likeness (QED) is 0.773. The van der Waals surface area contributed by atoms with E-state index >= 15 is 0 Å². The summed E-state index contributed by atoms with van der Waals surface area (Å²) in [5.41, 5.74) is 1.23. The lowest BCUT2D eigenvalue weighted by atomic mass is 10.0. The standard InChI is InChI=1S/C15H24O3/c1-12(17-2)4-8-14(16)9-5-13-6-10-15(18-3)11-7-13/h6-7,10-12,14,16H,4-5,8-9H2,1-3H3. The number of aliphatic hydroxyl groups is 1. The normalized spacial score (nSPS) is 14.2. The van der Waals surface area contributed by atoms with Crippen molar-refractivity contribution in [3.05, 3.63) is 29.8 Å². The molecule has 0 saturated heterocycles. The molecule has 0 heterocycles. The number of aliphatic hydroxyl groups excluding tert-OH is 1. The molecule has 0 fully saturated rings. The third kappa shape index (κ3) is 5.52. The van der Waals surface area contributed by atoms with Gasteiger partial charge in [-0.1, -0.05) is 12.1 Å². The van der Waals surface area contributed by atoms with Gasteiger partial charge in [0.15, 0.2) is 0 Å². The molecule has 0 amide bonds. The van der Waals surface area contributed by atoms with Gasteiger partial charge in [-0.05, 0) is 50.3 Å². The Bertz CT molecular complexity index is 321. The van der Waals surface area contributed by atoms with Crippen LogP contribution in [-0.4, -0.2) is 31.5 Å². The van der Waals surface area contributed by atoms with E-state index in [2.05, 4.69) is 0 Å². The maximum Gasteiger partial charge on any atom is 0.118 e. The third-order valence-electron chi connectivity index (χ3n) is 3.23. The molecule has 0 saturated carbocycles. The van der Waals surface area contributed by atoms with Crippen LogP contribution in [0.4, 0.5) is 0 Å². The fourth-order valence-electron chi connectivity index (χ4n) is 1.81. The van der Waals surface area contributed by atoms with Gasteiger partial charge in [0.05, 0.1) is 19.3 Å². The topological polar surface area (TPSA) is 38.7 Å². The predicted molar refractivity (Wildman–Crippen MR) is 73.0 cm³/mol. The second kappa shape index (κ2) is 8.11. The molecule has 3 nitrogen and oxygen atoms in total. The molecule has 0 bridgehead atoms. The molecule has 3 heteroatoms. The highest BCUT2D eigenvalue weighted by molar-refractivity contribution is 5.27. The number of benzene rings is 1. The molecule has 0 aromatic heterocycles. The van der Waals surface area contributed by atoms with Crippen LogP contribution in [0.2, 0.25) is 0 Å². The predicted octanol–water partition coefficient (Wildman–Crippen LogP) is 2.80. The van der Waals surface area contributed by atoms with Crippen LogP contribution in [0, 0.1) is 0 Å². The lowest BCUT2D eigenvalue weighted by Gasteiger charge is -2.13. The molecule has 2 atom stereocenters. The molecule has 0 aliphatic heterocycles. The zero-order valence-electron chi connectivity index (χ0n) is 11.6. The molecule has 0 spiro atoms. The molecule has 1 N–H and O–H groups in total. The zero-order valence-corrected chi connectivity index (χ0v) is 11.6.